The molecule has 7 nitrogen and oxygen atoms in total. The van der Waals surface area contributed by atoms with Crippen LogP contribution in [0.1, 0.15) is 42.0 Å². The van der Waals surface area contributed by atoms with Crippen LogP contribution in [0.3, 0.4) is 0 Å². The van der Waals surface area contributed by atoms with Gasteiger partial charge in [0.05, 0.1) is 0 Å². The van der Waals surface area contributed by atoms with Crippen LogP contribution in [0.5, 0.6) is 5.75 Å². The highest BCUT2D eigenvalue weighted by atomic mass is 19.4. The van der Waals surface area contributed by atoms with E-state index in [0.717, 1.165) is 43.0 Å². The summed E-state index contributed by atoms with van der Waals surface area (Å²) in [7, 11) is 1.65. The molecule has 0 radical (unpaired) electrons. The Labute approximate surface area is 180 Å². The number of aliphatic imine (C=N–C) groups is 1. The predicted molar refractivity (Wildman–Crippen MR) is 112 cm³/mol. The summed E-state index contributed by atoms with van der Waals surface area (Å²) in [6.45, 7) is 2.35. The molecule has 0 bridgehead atoms. The maximum absolute atomic E-state index is 12.5. The second-order valence-electron chi connectivity index (χ2n) is 7.61. The van der Waals surface area contributed by atoms with E-state index in [9.17, 15) is 13.2 Å². The van der Waals surface area contributed by atoms with Gasteiger partial charge in [-0.15, -0.1) is 10.2 Å². The molecule has 1 aromatic carbocycles. The molecular weight excluding hydrogens is 409 g/mol. The van der Waals surface area contributed by atoms with E-state index in [1.165, 1.54) is 6.42 Å². The molecule has 0 saturated carbocycles. The van der Waals surface area contributed by atoms with E-state index >= 15 is 0 Å². The number of rotatable bonds is 7. The molecular formula is C21H29F3N6O. The Bertz CT molecular complexity index is 894. The van der Waals surface area contributed by atoms with E-state index in [2.05, 4.69) is 30.4 Å². The van der Waals surface area contributed by atoms with Crippen molar-refractivity contribution < 1.29 is 17.9 Å². The Morgan fingerprint density at radius 3 is 2.81 bits per heavy atom. The Balaban J connectivity index is 1.53. The molecule has 10 heteroatoms. The van der Waals surface area contributed by atoms with Gasteiger partial charge in [-0.3, -0.25) is 4.99 Å². The van der Waals surface area contributed by atoms with E-state index in [4.69, 9.17) is 4.74 Å². The van der Waals surface area contributed by atoms with Crippen LogP contribution in [-0.2, 0) is 25.9 Å². The normalized spacial score (nSPS) is 14.7. The number of ether oxygens (including phenoxy) is 1. The predicted octanol–water partition coefficient (Wildman–Crippen LogP) is 3.16. The molecule has 31 heavy (non-hydrogen) atoms. The minimum Gasteiger partial charge on any atom is -0.484 e. The van der Waals surface area contributed by atoms with Gasteiger partial charge >= 0.3 is 6.18 Å². The van der Waals surface area contributed by atoms with Gasteiger partial charge in [-0.1, -0.05) is 18.6 Å². The highest BCUT2D eigenvalue weighted by Crippen LogP contribution is 2.23. The fraction of sp³-hybridized carbons (Fsp3) is 0.571. The molecule has 0 spiro atoms. The van der Waals surface area contributed by atoms with Crippen LogP contribution in [0.25, 0.3) is 0 Å². The lowest BCUT2D eigenvalue weighted by Crippen LogP contribution is -2.38. The first-order valence-corrected chi connectivity index (χ1v) is 10.5. The summed E-state index contributed by atoms with van der Waals surface area (Å²) in [6.07, 6.45) is 0.805. The topological polar surface area (TPSA) is 76.4 Å². The Morgan fingerprint density at radius 1 is 1.19 bits per heavy atom. The molecule has 1 aliphatic rings. The van der Waals surface area contributed by atoms with Crippen molar-refractivity contribution in [3.63, 3.8) is 0 Å². The van der Waals surface area contributed by atoms with Gasteiger partial charge in [0.2, 0.25) is 0 Å². The third-order valence-electron chi connectivity index (χ3n) is 5.11. The molecule has 0 fully saturated rings. The lowest BCUT2D eigenvalue weighted by molar-refractivity contribution is -0.153. The van der Waals surface area contributed by atoms with Crippen molar-refractivity contribution in [2.24, 2.45) is 4.99 Å². The van der Waals surface area contributed by atoms with Crippen LogP contribution in [0.4, 0.5) is 13.2 Å². The van der Waals surface area contributed by atoms with Gasteiger partial charge in [0.25, 0.3) is 0 Å². The van der Waals surface area contributed by atoms with Crippen LogP contribution in [-0.4, -0.2) is 47.1 Å². The first-order chi connectivity index (χ1) is 14.9. The summed E-state index contributed by atoms with van der Waals surface area (Å²) < 4.78 is 44.8. The summed E-state index contributed by atoms with van der Waals surface area (Å²) in [5, 5.41) is 15.0. The number of nitrogens with one attached hydrogen (secondary N) is 2. The van der Waals surface area contributed by atoms with E-state index in [0.29, 0.717) is 24.5 Å². The SMILES string of the molecule is CN=C(NCCc1nnc2n1CCCCC2)NCc1ccc(C)cc1OCC(F)(F)F. The van der Waals surface area contributed by atoms with Crippen LogP contribution >= 0.6 is 0 Å². The van der Waals surface area contributed by atoms with Gasteiger partial charge in [0, 0.05) is 45.1 Å². The van der Waals surface area contributed by atoms with E-state index in [1.54, 1.807) is 19.2 Å². The van der Waals surface area contributed by atoms with Crippen LogP contribution in [0.15, 0.2) is 23.2 Å². The summed E-state index contributed by atoms with van der Waals surface area (Å²) in [5.41, 5.74) is 1.46. The Morgan fingerprint density at radius 2 is 2.03 bits per heavy atom. The number of guanidine groups is 1. The third-order valence-corrected chi connectivity index (χ3v) is 5.11. The van der Waals surface area contributed by atoms with Gasteiger partial charge in [-0.05, 0) is 31.4 Å². The van der Waals surface area contributed by atoms with Gasteiger partial charge in [-0.25, -0.2) is 0 Å². The number of aromatic nitrogens is 3. The van der Waals surface area contributed by atoms with Crippen molar-refractivity contribution in [2.45, 2.75) is 58.3 Å². The number of halogens is 3. The number of alkyl halides is 3. The molecule has 2 N–H and O–H groups in total. The Kier molecular flexibility index (Phi) is 7.75. The quantitative estimate of drug-likeness (QED) is 0.513. The number of aryl methyl sites for hydroxylation is 2. The van der Waals surface area contributed by atoms with E-state index in [-0.39, 0.29) is 12.3 Å². The minimum atomic E-state index is -4.38. The fourth-order valence-corrected chi connectivity index (χ4v) is 3.52. The number of fused-ring (bicyclic) bond motifs is 1. The van der Waals surface area contributed by atoms with Crippen molar-refractivity contribution in [3.8, 4) is 5.75 Å². The number of hydrogen-bond donors (Lipinski definition) is 2. The lowest BCUT2D eigenvalue weighted by Gasteiger charge is -2.16. The summed E-state index contributed by atoms with van der Waals surface area (Å²) in [6, 6.07) is 5.20. The average molecular weight is 438 g/mol. The number of nitrogens with zero attached hydrogens (tertiary/aromatic N) is 4. The molecule has 0 saturated heterocycles. The largest absolute Gasteiger partial charge is 0.484 e. The van der Waals surface area contributed by atoms with Crippen molar-refractivity contribution in [3.05, 3.63) is 41.0 Å². The smallest absolute Gasteiger partial charge is 0.422 e. The summed E-state index contributed by atoms with van der Waals surface area (Å²) in [5.74, 6) is 2.78. The molecule has 3 rings (SSSR count). The third kappa shape index (κ3) is 6.86. The van der Waals surface area contributed by atoms with Crippen LogP contribution in [0, 0.1) is 6.92 Å². The Hall–Kier alpha value is -2.78. The zero-order chi connectivity index (χ0) is 22.3. The monoisotopic (exact) mass is 438 g/mol. The van der Waals surface area contributed by atoms with Crippen molar-refractivity contribution in [1.29, 1.82) is 0 Å². The number of benzene rings is 1. The summed E-state index contributed by atoms with van der Waals surface area (Å²) >= 11 is 0. The molecule has 2 aromatic rings. The second kappa shape index (κ2) is 10.5. The van der Waals surface area contributed by atoms with Crippen LogP contribution in [0.2, 0.25) is 0 Å². The number of hydrogen-bond acceptors (Lipinski definition) is 4. The standard InChI is InChI=1S/C21H29F3N6O/c1-15-7-8-16(17(12-15)31-14-21(22,23)24)13-27-20(25-2)26-10-9-19-29-28-18-6-4-3-5-11-30(18)19/h7-8,12H,3-6,9-11,13-14H2,1-2H3,(H2,25,26,27). The first kappa shape index (κ1) is 22.9. The summed E-state index contributed by atoms with van der Waals surface area (Å²) in [4.78, 5) is 4.19. The van der Waals surface area contributed by atoms with Crippen molar-refractivity contribution in [1.82, 2.24) is 25.4 Å². The molecule has 170 valence electrons. The lowest BCUT2D eigenvalue weighted by atomic mass is 10.1. The highest BCUT2D eigenvalue weighted by molar-refractivity contribution is 5.79. The highest BCUT2D eigenvalue weighted by Gasteiger charge is 2.28. The van der Waals surface area contributed by atoms with Crippen molar-refractivity contribution in [2.75, 3.05) is 20.2 Å². The van der Waals surface area contributed by atoms with Gasteiger partial charge < -0.3 is 19.9 Å². The van der Waals surface area contributed by atoms with E-state index < -0.39 is 12.8 Å². The van der Waals surface area contributed by atoms with Crippen molar-refractivity contribution >= 4 is 5.96 Å². The molecule has 0 amide bonds. The molecule has 2 heterocycles. The minimum absolute atomic E-state index is 0.214. The van der Waals surface area contributed by atoms with Gasteiger partial charge in [0.15, 0.2) is 12.6 Å². The molecule has 0 atom stereocenters. The first-order valence-electron chi connectivity index (χ1n) is 10.5. The molecule has 1 aliphatic heterocycles. The molecule has 1 aromatic heterocycles. The average Bonchev–Trinajstić information content (AvgIpc) is 2.95. The zero-order valence-corrected chi connectivity index (χ0v) is 17.9. The second-order valence-corrected chi connectivity index (χ2v) is 7.61. The fourth-order valence-electron chi connectivity index (χ4n) is 3.52. The molecule has 0 aliphatic carbocycles. The zero-order valence-electron chi connectivity index (χ0n) is 17.9. The van der Waals surface area contributed by atoms with Crippen LogP contribution < -0.4 is 15.4 Å². The van der Waals surface area contributed by atoms with Gasteiger partial charge in [0.1, 0.15) is 17.4 Å². The van der Waals surface area contributed by atoms with Gasteiger partial charge in [-0.2, -0.15) is 13.2 Å². The molecule has 0 unspecified atom stereocenters. The maximum Gasteiger partial charge on any atom is 0.422 e. The van der Waals surface area contributed by atoms with E-state index in [1.807, 2.05) is 13.0 Å². The maximum atomic E-state index is 12.5.